The van der Waals surface area contributed by atoms with Gasteiger partial charge in [0.2, 0.25) is 6.43 Å². The predicted molar refractivity (Wildman–Crippen MR) is 63.8 cm³/mol. The van der Waals surface area contributed by atoms with E-state index in [0.717, 1.165) is 32.4 Å². The zero-order chi connectivity index (χ0) is 12.1. The van der Waals surface area contributed by atoms with E-state index >= 15 is 0 Å². The van der Waals surface area contributed by atoms with Gasteiger partial charge >= 0.3 is 0 Å². The van der Waals surface area contributed by atoms with Gasteiger partial charge in [-0.1, -0.05) is 13.3 Å². The second-order valence-corrected chi connectivity index (χ2v) is 5.26. The van der Waals surface area contributed by atoms with E-state index in [2.05, 4.69) is 18.7 Å². The first-order chi connectivity index (χ1) is 7.54. The van der Waals surface area contributed by atoms with Gasteiger partial charge in [-0.15, -0.1) is 0 Å². The normalized spacial score (nSPS) is 21.9. The van der Waals surface area contributed by atoms with Crippen LogP contribution in [0.4, 0.5) is 8.78 Å². The van der Waals surface area contributed by atoms with Crippen LogP contribution < -0.4 is 0 Å². The molecule has 1 aliphatic heterocycles. The summed E-state index contributed by atoms with van der Waals surface area (Å²) in [6.45, 7) is 8.62. The standard InChI is InChI=1S/C13H25F2N/c1-4-11(9-13(14)15)12-5-7-16(8-6-12)10(2)3/h10-13H,4-9H2,1-3H3. The van der Waals surface area contributed by atoms with Crippen molar-refractivity contribution >= 4 is 0 Å². The third-order valence-corrected chi connectivity index (χ3v) is 3.98. The molecular formula is C13H25F2N. The second kappa shape index (κ2) is 6.53. The highest BCUT2D eigenvalue weighted by Gasteiger charge is 2.28. The Kier molecular flexibility index (Phi) is 5.67. The van der Waals surface area contributed by atoms with E-state index in [9.17, 15) is 8.78 Å². The van der Waals surface area contributed by atoms with E-state index in [1.165, 1.54) is 0 Å². The first kappa shape index (κ1) is 13.9. The van der Waals surface area contributed by atoms with Gasteiger partial charge in [-0.05, 0) is 51.6 Å². The molecule has 1 saturated heterocycles. The summed E-state index contributed by atoms with van der Waals surface area (Å²) in [6.07, 6.45) is 1.07. The van der Waals surface area contributed by atoms with Crippen LogP contribution in [0.1, 0.15) is 46.5 Å². The highest BCUT2D eigenvalue weighted by Crippen LogP contribution is 2.31. The molecule has 0 aromatic heterocycles. The van der Waals surface area contributed by atoms with Gasteiger partial charge in [0.1, 0.15) is 0 Å². The molecule has 0 radical (unpaired) electrons. The van der Waals surface area contributed by atoms with E-state index in [0.29, 0.717) is 12.0 Å². The predicted octanol–water partition coefficient (Wildman–Crippen LogP) is 3.79. The number of alkyl halides is 2. The highest BCUT2D eigenvalue weighted by atomic mass is 19.3. The van der Waals surface area contributed by atoms with Gasteiger partial charge in [0.05, 0.1) is 0 Å². The van der Waals surface area contributed by atoms with Crippen LogP contribution in [0.2, 0.25) is 0 Å². The fourth-order valence-electron chi connectivity index (χ4n) is 2.83. The van der Waals surface area contributed by atoms with Crippen molar-refractivity contribution in [1.82, 2.24) is 4.90 Å². The molecule has 0 spiro atoms. The van der Waals surface area contributed by atoms with E-state index in [1.54, 1.807) is 0 Å². The molecule has 1 atom stereocenters. The van der Waals surface area contributed by atoms with Crippen molar-refractivity contribution < 1.29 is 8.78 Å². The molecule has 1 rings (SSSR count). The Labute approximate surface area is 98.2 Å². The summed E-state index contributed by atoms with van der Waals surface area (Å²) in [5, 5.41) is 0. The molecule has 1 fully saturated rings. The van der Waals surface area contributed by atoms with Gasteiger partial charge in [0.25, 0.3) is 0 Å². The van der Waals surface area contributed by atoms with Gasteiger partial charge in [-0.25, -0.2) is 8.78 Å². The maximum absolute atomic E-state index is 12.4. The van der Waals surface area contributed by atoms with Gasteiger partial charge in [-0.3, -0.25) is 0 Å². The van der Waals surface area contributed by atoms with Crippen molar-refractivity contribution in [1.29, 1.82) is 0 Å². The lowest BCUT2D eigenvalue weighted by Crippen LogP contribution is -2.40. The minimum absolute atomic E-state index is 0.100. The molecule has 1 heterocycles. The number of nitrogens with zero attached hydrogens (tertiary/aromatic N) is 1. The van der Waals surface area contributed by atoms with E-state index < -0.39 is 6.43 Å². The molecule has 0 aromatic carbocycles. The zero-order valence-corrected chi connectivity index (χ0v) is 10.8. The summed E-state index contributed by atoms with van der Waals surface area (Å²) in [6, 6.07) is 0.594. The SMILES string of the molecule is CCC(CC(F)F)C1CCN(C(C)C)CC1. The fraction of sp³-hybridized carbons (Fsp3) is 1.00. The van der Waals surface area contributed by atoms with Crippen LogP contribution in [0.15, 0.2) is 0 Å². The van der Waals surface area contributed by atoms with Crippen LogP contribution >= 0.6 is 0 Å². The molecule has 0 aliphatic carbocycles. The van der Waals surface area contributed by atoms with Crippen LogP contribution in [-0.2, 0) is 0 Å². The Hall–Kier alpha value is -0.180. The maximum Gasteiger partial charge on any atom is 0.238 e. The van der Waals surface area contributed by atoms with Crippen molar-refractivity contribution in [2.24, 2.45) is 11.8 Å². The Bertz CT molecular complexity index is 186. The number of hydrogen-bond donors (Lipinski definition) is 0. The Balaban J connectivity index is 2.38. The van der Waals surface area contributed by atoms with Crippen molar-refractivity contribution in [3.05, 3.63) is 0 Å². The summed E-state index contributed by atoms with van der Waals surface area (Å²) in [4.78, 5) is 2.45. The van der Waals surface area contributed by atoms with Crippen molar-refractivity contribution in [3.63, 3.8) is 0 Å². The summed E-state index contributed by atoms with van der Waals surface area (Å²) in [7, 11) is 0. The Morgan fingerprint density at radius 1 is 1.19 bits per heavy atom. The molecule has 0 saturated carbocycles. The lowest BCUT2D eigenvalue weighted by Gasteiger charge is -2.37. The van der Waals surface area contributed by atoms with Gasteiger partial charge in [0, 0.05) is 12.5 Å². The van der Waals surface area contributed by atoms with Crippen LogP contribution in [-0.4, -0.2) is 30.5 Å². The third kappa shape index (κ3) is 4.00. The minimum atomic E-state index is -2.13. The molecule has 1 unspecified atom stereocenters. The van der Waals surface area contributed by atoms with E-state index in [-0.39, 0.29) is 12.3 Å². The summed E-state index contributed by atoms with van der Waals surface area (Å²) in [5.41, 5.74) is 0. The number of hydrogen-bond acceptors (Lipinski definition) is 1. The van der Waals surface area contributed by atoms with Crippen LogP contribution in [0.25, 0.3) is 0 Å². The van der Waals surface area contributed by atoms with E-state index in [1.807, 2.05) is 6.92 Å². The molecule has 1 nitrogen and oxygen atoms in total. The molecule has 1 aliphatic rings. The number of rotatable bonds is 5. The molecule has 0 aromatic rings. The molecular weight excluding hydrogens is 208 g/mol. The van der Waals surface area contributed by atoms with Crippen LogP contribution in [0, 0.1) is 11.8 Å². The quantitative estimate of drug-likeness (QED) is 0.698. The molecule has 0 N–H and O–H groups in total. The third-order valence-electron chi connectivity index (χ3n) is 3.98. The summed E-state index contributed by atoms with van der Waals surface area (Å²) in [5.74, 6) is 0.753. The zero-order valence-electron chi connectivity index (χ0n) is 10.8. The Morgan fingerprint density at radius 3 is 2.12 bits per heavy atom. The van der Waals surface area contributed by atoms with Gasteiger partial charge in [-0.2, -0.15) is 0 Å². The van der Waals surface area contributed by atoms with Crippen molar-refractivity contribution in [2.45, 2.75) is 58.9 Å². The van der Waals surface area contributed by atoms with Crippen LogP contribution in [0.5, 0.6) is 0 Å². The largest absolute Gasteiger partial charge is 0.301 e. The number of likely N-dealkylation sites (tertiary alicyclic amines) is 1. The summed E-state index contributed by atoms with van der Waals surface area (Å²) >= 11 is 0. The lowest BCUT2D eigenvalue weighted by molar-refractivity contribution is 0.0662. The molecule has 0 bridgehead atoms. The molecule has 16 heavy (non-hydrogen) atoms. The molecule has 0 amide bonds. The monoisotopic (exact) mass is 233 g/mol. The average molecular weight is 233 g/mol. The first-order valence-corrected chi connectivity index (χ1v) is 6.56. The smallest absolute Gasteiger partial charge is 0.238 e. The van der Waals surface area contributed by atoms with Crippen LogP contribution in [0.3, 0.4) is 0 Å². The number of piperidine rings is 1. The van der Waals surface area contributed by atoms with Gasteiger partial charge in [0.15, 0.2) is 0 Å². The first-order valence-electron chi connectivity index (χ1n) is 6.56. The molecule has 96 valence electrons. The average Bonchev–Trinajstić information content (AvgIpc) is 2.25. The second-order valence-electron chi connectivity index (χ2n) is 5.26. The maximum atomic E-state index is 12.4. The lowest BCUT2D eigenvalue weighted by atomic mass is 9.80. The van der Waals surface area contributed by atoms with Crippen molar-refractivity contribution in [3.8, 4) is 0 Å². The molecule has 3 heteroatoms. The highest BCUT2D eigenvalue weighted by molar-refractivity contribution is 4.79. The van der Waals surface area contributed by atoms with Crippen molar-refractivity contribution in [2.75, 3.05) is 13.1 Å². The minimum Gasteiger partial charge on any atom is -0.301 e. The number of halogens is 2. The Morgan fingerprint density at radius 2 is 1.75 bits per heavy atom. The van der Waals surface area contributed by atoms with Gasteiger partial charge < -0.3 is 4.90 Å². The summed E-state index contributed by atoms with van der Waals surface area (Å²) < 4.78 is 24.8. The van der Waals surface area contributed by atoms with E-state index in [4.69, 9.17) is 0 Å². The fourth-order valence-corrected chi connectivity index (χ4v) is 2.83. The topological polar surface area (TPSA) is 3.24 Å².